The van der Waals surface area contributed by atoms with Crippen LogP contribution in [0.2, 0.25) is 19.1 Å². The number of para-hydroxylation sites is 1. The predicted octanol–water partition coefficient (Wildman–Crippen LogP) is 1.91. The van der Waals surface area contributed by atoms with Crippen molar-refractivity contribution in [3.8, 4) is 6.07 Å². The highest BCUT2D eigenvalue weighted by atomic mass is 28.3. The van der Waals surface area contributed by atoms with Gasteiger partial charge in [0.05, 0.1) is 19.7 Å². The quantitative estimate of drug-likeness (QED) is 0.597. The van der Waals surface area contributed by atoms with E-state index < -0.39 is 26.0 Å². The van der Waals surface area contributed by atoms with E-state index >= 15 is 0 Å². The SMILES string of the molecule is C[Si]1(C)C[C@@H](C(=O)N[C@H](C#N)C[C@@H]2CCNC2=O)N(C(=O)c2cc3cccc(F)c3[nH]2)C1. The molecule has 0 unspecified atom stereocenters. The van der Waals surface area contributed by atoms with Crippen LogP contribution in [0.25, 0.3) is 10.9 Å². The van der Waals surface area contributed by atoms with Crippen LogP contribution in [0.15, 0.2) is 24.3 Å². The zero-order valence-corrected chi connectivity index (χ0v) is 19.1. The molecule has 2 aliphatic heterocycles. The molecule has 1 aromatic heterocycles. The number of hydrogen-bond donors (Lipinski definition) is 3. The lowest BCUT2D eigenvalue weighted by molar-refractivity contribution is -0.126. The van der Waals surface area contributed by atoms with Gasteiger partial charge in [-0.15, -0.1) is 0 Å². The van der Waals surface area contributed by atoms with Crippen molar-refractivity contribution in [3.63, 3.8) is 0 Å². The van der Waals surface area contributed by atoms with Crippen molar-refractivity contribution in [2.45, 2.75) is 44.1 Å². The number of aromatic amines is 1. The number of carbonyl (C=O) groups is 3. The molecule has 2 fully saturated rings. The van der Waals surface area contributed by atoms with E-state index in [-0.39, 0.29) is 41.3 Å². The highest BCUT2D eigenvalue weighted by molar-refractivity contribution is 6.79. The van der Waals surface area contributed by atoms with Crippen LogP contribution in [-0.4, -0.2) is 60.5 Å². The molecule has 3 N–H and O–H groups in total. The van der Waals surface area contributed by atoms with Crippen LogP contribution >= 0.6 is 0 Å². The molecule has 0 radical (unpaired) electrons. The lowest BCUT2D eigenvalue weighted by atomic mass is 9.99. The first-order valence-electron chi connectivity index (χ1n) is 10.7. The van der Waals surface area contributed by atoms with Gasteiger partial charge in [-0.3, -0.25) is 14.4 Å². The minimum absolute atomic E-state index is 0.100. The number of nitriles is 1. The second-order valence-corrected chi connectivity index (χ2v) is 14.5. The number of halogens is 1. The van der Waals surface area contributed by atoms with E-state index in [0.29, 0.717) is 30.6 Å². The molecule has 3 atom stereocenters. The molecule has 0 saturated carbocycles. The molecule has 3 amide bonds. The number of amides is 3. The second kappa shape index (κ2) is 8.39. The van der Waals surface area contributed by atoms with Gasteiger partial charge in [0.15, 0.2) is 0 Å². The monoisotopic (exact) mass is 455 g/mol. The fourth-order valence-electron chi connectivity index (χ4n) is 4.67. The maximum absolute atomic E-state index is 14.1. The summed E-state index contributed by atoms with van der Waals surface area (Å²) in [5.74, 6) is -1.59. The lowest BCUT2D eigenvalue weighted by Crippen LogP contribution is -2.49. The molecule has 4 rings (SSSR count). The Bertz CT molecular complexity index is 1120. The summed E-state index contributed by atoms with van der Waals surface area (Å²) in [7, 11) is -1.87. The Morgan fingerprint density at radius 1 is 1.41 bits per heavy atom. The third-order valence-electron chi connectivity index (χ3n) is 6.28. The Morgan fingerprint density at radius 3 is 2.84 bits per heavy atom. The van der Waals surface area contributed by atoms with Gasteiger partial charge in [0.2, 0.25) is 11.8 Å². The highest BCUT2D eigenvalue weighted by Gasteiger charge is 2.45. The van der Waals surface area contributed by atoms with Gasteiger partial charge in [0, 0.05) is 24.0 Å². The summed E-state index contributed by atoms with van der Waals surface area (Å²) in [6.45, 7) is 4.79. The van der Waals surface area contributed by atoms with E-state index in [1.54, 1.807) is 23.1 Å². The summed E-state index contributed by atoms with van der Waals surface area (Å²) in [6, 6.07) is 7.35. The number of hydrogen-bond acceptors (Lipinski definition) is 4. The van der Waals surface area contributed by atoms with E-state index in [1.165, 1.54) is 6.07 Å². The van der Waals surface area contributed by atoms with Crippen LogP contribution in [0.1, 0.15) is 23.3 Å². The first-order valence-corrected chi connectivity index (χ1v) is 14.2. The van der Waals surface area contributed by atoms with E-state index in [0.717, 1.165) is 0 Å². The van der Waals surface area contributed by atoms with Crippen molar-refractivity contribution in [2.24, 2.45) is 5.92 Å². The van der Waals surface area contributed by atoms with Crippen molar-refractivity contribution in [1.82, 2.24) is 20.5 Å². The fourth-order valence-corrected chi connectivity index (χ4v) is 7.54. The minimum Gasteiger partial charge on any atom is -0.356 e. The van der Waals surface area contributed by atoms with Gasteiger partial charge in [-0.25, -0.2) is 4.39 Å². The van der Waals surface area contributed by atoms with E-state index in [9.17, 15) is 24.0 Å². The summed E-state index contributed by atoms with van der Waals surface area (Å²) in [5, 5.41) is 15.6. The predicted molar refractivity (Wildman–Crippen MR) is 119 cm³/mol. The average Bonchev–Trinajstić information content (AvgIpc) is 3.44. The van der Waals surface area contributed by atoms with Gasteiger partial charge in [-0.2, -0.15) is 5.26 Å². The summed E-state index contributed by atoms with van der Waals surface area (Å²) in [6.07, 6.45) is 1.37. The molecular formula is C22H26FN5O3Si. The summed E-state index contributed by atoms with van der Waals surface area (Å²) >= 11 is 0. The standard InChI is InChI=1S/C22H26FN5O3Si/c1-32(2)11-18(21(30)26-15(10-24)8-14-6-7-25-20(14)29)28(12-32)22(31)17-9-13-4-3-5-16(23)19(13)27-17/h3-5,9,14-15,18,27H,6-8,11-12H2,1-2H3,(H,25,29)(H,26,30)/t14-,15-,18-/m0/s1. The first-order chi connectivity index (χ1) is 15.2. The van der Waals surface area contributed by atoms with Crippen molar-refractivity contribution in [2.75, 3.05) is 12.7 Å². The summed E-state index contributed by atoms with van der Waals surface area (Å²) < 4.78 is 14.1. The molecule has 10 heteroatoms. The van der Waals surface area contributed by atoms with Crippen LogP contribution in [0, 0.1) is 23.1 Å². The fraction of sp³-hybridized carbons (Fsp3) is 0.455. The number of benzene rings is 1. The number of nitrogens with zero attached hydrogens (tertiary/aromatic N) is 2. The number of aromatic nitrogens is 1. The maximum Gasteiger partial charge on any atom is 0.270 e. The van der Waals surface area contributed by atoms with Crippen LogP contribution in [-0.2, 0) is 9.59 Å². The second-order valence-electron chi connectivity index (χ2n) is 9.41. The molecule has 0 bridgehead atoms. The van der Waals surface area contributed by atoms with Crippen LogP contribution in [0.3, 0.4) is 0 Å². The number of carbonyl (C=O) groups excluding carboxylic acids is 3. The van der Waals surface area contributed by atoms with Crippen molar-refractivity contribution >= 4 is 36.7 Å². The van der Waals surface area contributed by atoms with Gasteiger partial charge in [0.25, 0.3) is 5.91 Å². The molecule has 168 valence electrons. The third-order valence-corrected chi connectivity index (χ3v) is 8.96. The van der Waals surface area contributed by atoms with Crippen molar-refractivity contribution < 1.29 is 18.8 Å². The Kier molecular flexibility index (Phi) is 5.77. The van der Waals surface area contributed by atoms with Gasteiger partial charge in [0.1, 0.15) is 23.6 Å². The molecule has 32 heavy (non-hydrogen) atoms. The number of H-pyrrole nitrogens is 1. The van der Waals surface area contributed by atoms with Gasteiger partial charge in [-0.05, 0) is 31.0 Å². The minimum atomic E-state index is -1.87. The molecule has 3 heterocycles. The molecule has 1 aromatic carbocycles. The van der Waals surface area contributed by atoms with Crippen LogP contribution in [0.5, 0.6) is 0 Å². The van der Waals surface area contributed by atoms with E-state index in [4.69, 9.17) is 0 Å². The average molecular weight is 456 g/mol. The summed E-state index contributed by atoms with van der Waals surface area (Å²) in [5.41, 5.74) is 0.487. The Hall–Kier alpha value is -3.19. The molecule has 2 saturated heterocycles. The van der Waals surface area contributed by atoms with E-state index in [1.807, 2.05) is 0 Å². The first kappa shape index (κ1) is 22.0. The smallest absolute Gasteiger partial charge is 0.270 e. The maximum atomic E-state index is 14.1. The molecule has 2 aromatic rings. The zero-order chi connectivity index (χ0) is 23.0. The molecular weight excluding hydrogens is 429 g/mol. The number of fused-ring (bicyclic) bond motifs is 1. The third kappa shape index (κ3) is 4.25. The van der Waals surface area contributed by atoms with Crippen LogP contribution < -0.4 is 10.6 Å². The summed E-state index contributed by atoms with van der Waals surface area (Å²) in [4.78, 5) is 42.7. The molecule has 0 aliphatic carbocycles. The Balaban J connectivity index is 1.52. The van der Waals surface area contributed by atoms with Crippen molar-refractivity contribution in [3.05, 3.63) is 35.8 Å². The largest absolute Gasteiger partial charge is 0.356 e. The lowest BCUT2D eigenvalue weighted by Gasteiger charge is -2.25. The van der Waals surface area contributed by atoms with Crippen molar-refractivity contribution in [1.29, 1.82) is 5.26 Å². The van der Waals surface area contributed by atoms with Gasteiger partial charge < -0.3 is 20.5 Å². The number of nitrogens with one attached hydrogen (secondary N) is 3. The van der Waals surface area contributed by atoms with Gasteiger partial charge in [-0.1, -0.05) is 25.2 Å². The van der Waals surface area contributed by atoms with E-state index in [2.05, 4.69) is 34.8 Å². The Labute approximate surface area is 186 Å². The van der Waals surface area contributed by atoms with Gasteiger partial charge >= 0.3 is 0 Å². The number of rotatable bonds is 5. The topological polar surface area (TPSA) is 118 Å². The molecule has 8 nitrogen and oxygen atoms in total. The normalized spacial score (nSPS) is 23.1. The van der Waals surface area contributed by atoms with Crippen LogP contribution in [0.4, 0.5) is 4.39 Å². The Morgan fingerprint density at radius 2 is 2.19 bits per heavy atom. The molecule has 2 aliphatic rings. The highest BCUT2D eigenvalue weighted by Crippen LogP contribution is 2.29. The molecule has 0 spiro atoms. The zero-order valence-electron chi connectivity index (χ0n) is 18.1.